The van der Waals surface area contributed by atoms with Gasteiger partial charge in [-0.2, -0.15) is 13.2 Å². The van der Waals surface area contributed by atoms with Gasteiger partial charge in [0.25, 0.3) is 5.91 Å². The van der Waals surface area contributed by atoms with Gasteiger partial charge in [-0.15, -0.1) is 0 Å². The van der Waals surface area contributed by atoms with Crippen LogP contribution in [0.5, 0.6) is 0 Å². The molecular weight excluding hydrogens is 445 g/mol. The standard InChI is InChI=1S/C25H21F3N4O2/c1-14-3-6-21(31-24(34)19-8-20(13-29-12-19)25(26,27)28)9-17(14)5-4-16-7-18-10-22(15(2)33)32-23(18)30-11-16/h3,6-13H,4-5H2,1-2H3,(H,30,32)(H,31,34). The molecule has 6 nitrogen and oxygen atoms in total. The van der Waals surface area contributed by atoms with Crippen LogP contribution in [0.2, 0.25) is 0 Å². The van der Waals surface area contributed by atoms with Crippen LogP contribution in [0.15, 0.2) is 55.0 Å². The van der Waals surface area contributed by atoms with Gasteiger partial charge in [0.1, 0.15) is 5.65 Å². The van der Waals surface area contributed by atoms with Crippen LogP contribution in [0.25, 0.3) is 11.0 Å². The number of fused-ring (bicyclic) bond motifs is 1. The molecule has 2 N–H and O–H groups in total. The van der Waals surface area contributed by atoms with Gasteiger partial charge in [0.2, 0.25) is 0 Å². The number of nitrogens with zero attached hydrogens (tertiary/aromatic N) is 2. The SMILES string of the molecule is CC(=O)c1cc2cc(CCc3cc(NC(=O)c4cncc(C(F)(F)F)c4)ccc3C)cnc2[nH]1. The van der Waals surface area contributed by atoms with Gasteiger partial charge in [0.15, 0.2) is 5.78 Å². The molecule has 1 amide bonds. The predicted octanol–water partition coefficient (Wildman–Crippen LogP) is 5.53. The van der Waals surface area contributed by atoms with Crippen LogP contribution >= 0.6 is 0 Å². The monoisotopic (exact) mass is 466 g/mol. The molecule has 0 spiro atoms. The molecule has 174 valence electrons. The molecule has 9 heteroatoms. The first kappa shape index (κ1) is 23.2. The van der Waals surface area contributed by atoms with Crippen LogP contribution in [0.4, 0.5) is 18.9 Å². The molecule has 0 aliphatic rings. The Balaban J connectivity index is 1.47. The second-order valence-electron chi connectivity index (χ2n) is 8.08. The topological polar surface area (TPSA) is 87.7 Å². The summed E-state index contributed by atoms with van der Waals surface area (Å²) < 4.78 is 38.7. The number of rotatable bonds is 6. The average Bonchev–Trinajstić information content (AvgIpc) is 3.23. The fourth-order valence-corrected chi connectivity index (χ4v) is 3.61. The summed E-state index contributed by atoms with van der Waals surface area (Å²) in [6, 6.07) is 9.89. The highest BCUT2D eigenvalue weighted by Crippen LogP contribution is 2.29. The molecule has 34 heavy (non-hydrogen) atoms. The van der Waals surface area contributed by atoms with E-state index < -0.39 is 17.6 Å². The van der Waals surface area contributed by atoms with E-state index in [0.29, 0.717) is 36.1 Å². The zero-order valence-electron chi connectivity index (χ0n) is 18.5. The Morgan fingerprint density at radius 2 is 1.82 bits per heavy atom. The maximum Gasteiger partial charge on any atom is 0.417 e. The molecule has 0 aliphatic carbocycles. The molecule has 4 rings (SSSR count). The summed E-state index contributed by atoms with van der Waals surface area (Å²) in [7, 11) is 0. The molecule has 1 aromatic carbocycles. The number of ketones is 1. The van der Waals surface area contributed by atoms with Gasteiger partial charge in [0, 0.05) is 36.6 Å². The summed E-state index contributed by atoms with van der Waals surface area (Å²) >= 11 is 0. The van der Waals surface area contributed by atoms with Crippen LogP contribution in [0.3, 0.4) is 0 Å². The van der Waals surface area contributed by atoms with Gasteiger partial charge >= 0.3 is 6.18 Å². The summed E-state index contributed by atoms with van der Waals surface area (Å²) in [5, 5.41) is 3.50. The van der Waals surface area contributed by atoms with Gasteiger partial charge in [-0.3, -0.25) is 14.6 Å². The number of benzene rings is 1. The fourth-order valence-electron chi connectivity index (χ4n) is 3.61. The van der Waals surface area contributed by atoms with E-state index in [4.69, 9.17) is 0 Å². The normalized spacial score (nSPS) is 11.6. The Kier molecular flexibility index (Phi) is 6.19. The average molecular weight is 466 g/mol. The smallest absolute Gasteiger partial charge is 0.337 e. The van der Waals surface area contributed by atoms with Crippen LogP contribution in [-0.2, 0) is 19.0 Å². The van der Waals surface area contributed by atoms with Crippen LogP contribution in [0, 0.1) is 6.92 Å². The number of anilines is 1. The second kappa shape index (κ2) is 9.09. The quantitative estimate of drug-likeness (QED) is 0.366. The first-order valence-corrected chi connectivity index (χ1v) is 10.5. The molecule has 4 aromatic rings. The molecule has 3 heterocycles. The Hall–Kier alpha value is -4.01. The van der Waals surface area contributed by atoms with Crippen molar-refractivity contribution >= 4 is 28.4 Å². The molecule has 0 aliphatic heterocycles. The molecule has 0 saturated heterocycles. The van der Waals surface area contributed by atoms with Crippen molar-refractivity contribution in [3.05, 3.63) is 88.5 Å². The zero-order chi connectivity index (χ0) is 24.5. The van der Waals surface area contributed by atoms with E-state index >= 15 is 0 Å². The summed E-state index contributed by atoms with van der Waals surface area (Å²) in [5.74, 6) is -0.730. The first-order chi connectivity index (χ1) is 16.1. The minimum absolute atomic E-state index is 0.0602. The van der Waals surface area contributed by atoms with Crippen LogP contribution in [-0.4, -0.2) is 26.6 Å². The van der Waals surface area contributed by atoms with Crippen molar-refractivity contribution in [1.82, 2.24) is 15.0 Å². The lowest BCUT2D eigenvalue weighted by Gasteiger charge is -2.11. The van der Waals surface area contributed by atoms with E-state index in [1.807, 2.05) is 25.1 Å². The second-order valence-corrected chi connectivity index (χ2v) is 8.08. The lowest BCUT2D eigenvalue weighted by molar-refractivity contribution is -0.137. The van der Waals surface area contributed by atoms with Gasteiger partial charge in [-0.05, 0) is 66.8 Å². The first-order valence-electron chi connectivity index (χ1n) is 10.5. The molecule has 0 bridgehead atoms. The number of hydrogen-bond acceptors (Lipinski definition) is 4. The predicted molar refractivity (Wildman–Crippen MR) is 122 cm³/mol. The Morgan fingerprint density at radius 3 is 2.56 bits per heavy atom. The molecule has 0 radical (unpaired) electrons. The Labute approximate surface area is 193 Å². The van der Waals surface area contributed by atoms with Crippen LogP contribution in [0.1, 0.15) is 50.0 Å². The third kappa shape index (κ3) is 5.14. The number of aromatic amines is 1. The number of aromatic nitrogens is 3. The maximum absolute atomic E-state index is 12.9. The minimum atomic E-state index is -4.58. The molecule has 0 fully saturated rings. The van der Waals surface area contributed by atoms with E-state index in [2.05, 4.69) is 20.3 Å². The van der Waals surface area contributed by atoms with Crippen molar-refractivity contribution in [1.29, 1.82) is 0 Å². The molecule has 0 saturated carbocycles. The van der Waals surface area contributed by atoms with Gasteiger partial charge in [-0.1, -0.05) is 6.07 Å². The van der Waals surface area contributed by atoms with Gasteiger partial charge in [-0.25, -0.2) is 4.98 Å². The molecule has 3 aromatic heterocycles. The number of Topliss-reactive ketones (excluding diaryl/α,β-unsaturated/α-hetero) is 1. The van der Waals surface area contributed by atoms with E-state index in [0.717, 1.165) is 34.3 Å². The number of alkyl halides is 3. The molecular formula is C25H21F3N4O2. The van der Waals surface area contributed by atoms with Crippen molar-refractivity contribution in [2.75, 3.05) is 5.32 Å². The van der Waals surface area contributed by atoms with E-state index in [1.165, 1.54) is 6.92 Å². The largest absolute Gasteiger partial charge is 0.417 e. The number of halogens is 3. The number of pyridine rings is 2. The summed E-state index contributed by atoms with van der Waals surface area (Å²) in [6.07, 6.45) is 0.302. The van der Waals surface area contributed by atoms with Crippen molar-refractivity contribution in [2.24, 2.45) is 0 Å². The fraction of sp³-hybridized carbons (Fsp3) is 0.200. The molecule has 0 unspecified atom stereocenters. The summed E-state index contributed by atoms with van der Waals surface area (Å²) in [5.41, 5.74) is 3.49. The van der Waals surface area contributed by atoms with Gasteiger partial charge < -0.3 is 10.3 Å². The number of aryl methyl sites for hydroxylation is 3. The number of nitrogens with one attached hydrogen (secondary N) is 2. The minimum Gasteiger partial charge on any atom is -0.337 e. The number of carbonyl (C=O) groups is 2. The summed E-state index contributed by atoms with van der Waals surface area (Å²) in [6.45, 7) is 3.44. The van der Waals surface area contributed by atoms with Gasteiger partial charge in [0.05, 0.1) is 16.8 Å². The van der Waals surface area contributed by atoms with E-state index in [1.54, 1.807) is 18.3 Å². The van der Waals surface area contributed by atoms with Crippen LogP contribution < -0.4 is 5.32 Å². The lowest BCUT2D eigenvalue weighted by atomic mass is 10.00. The summed E-state index contributed by atoms with van der Waals surface area (Å²) in [4.78, 5) is 35.0. The van der Waals surface area contributed by atoms with Crippen molar-refractivity contribution < 1.29 is 22.8 Å². The number of H-pyrrole nitrogens is 1. The highest BCUT2D eigenvalue weighted by atomic mass is 19.4. The third-order valence-electron chi connectivity index (χ3n) is 5.52. The maximum atomic E-state index is 12.9. The third-order valence-corrected chi connectivity index (χ3v) is 5.52. The van der Waals surface area contributed by atoms with E-state index in [9.17, 15) is 22.8 Å². The van der Waals surface area contributed by atoms with Crippen molar-refractivity contribution in [2.45, 2.75) is 32.9 Å². The zero-order valence-corrected chi connectivity index (χ0v) is 18.5. The molecule has 0 atom stereocenters. The highest BCUT2D eigenvalue weighted by molar-refractivity contribution is 6.04. The van der Waals surface area contributed by atoms with Crippen molar-refractivity contribution in [3.63, 3.8) is 0 Å². The van der Waals surface area contributed by atoms with Crippen molar-refractivity contribution in [3.8, 4) is 0 Å². The van der Waals surface area contributed by atoms with E-state index in [-0.39, 0.29) is 11.3 Å². The Bertz CT molecular complexity index is 1390. The highest BCUT2D eigenvalue weighted by Gasteiger charge is 2.31. The number of amides is 1. The number of hydrogen-bond donors (Lipinski definition) is 2. The number of carbonyl (C=O) groups excluding carboxylic acids is 2. The Morgan fingerprint density at radius 1 is 1.03 bits per heavy atom. The lowest BCUT2D eigenvalue weighted by Crippen LogP contribution is -2.15.